The molecule has 0 saturated heterocycles. The molecule has 3 rings (SSSR count). The molecule has 1 aliphatic carbocycles. The van der Waals surface area contributed by atoms with E-state index in [9.17, 15) is 10.1 Å². The maximum Gasteiger partial charge on any atom is 0.331 e. The van der Waals surface area contributed by atoms with E-state index in [-0.39, 0.29) is 16.8 Å². The van der Waals surface area contributed by atoms with Crippen molar-refractivity contribution >= 4 is 17.3 Å². The highest BCUT2D eigenvalue weighted by Crippen LogP contribution is 2.39. The Kier molecular flexibility index (Phi) is 2.48. The highest BCUT2D eigenvalue weighted by molar-refractivity contribution is 6.28. The van der Waals surface area contributed by atoms with Crippen LogP contribution in [0.2, 0.25) is 5.28 Å². The van der Waals surface area contributed by atoms with E-state index in [1.165, 1.54) is 4.68 Å². The molecule has 0 unspecified atom stereocenters. The van der Waals surface area contributed by atoms with Gasteiger partial charge >= 0.3 is 5.69 Å². The van der Waals surface area contributed by atoms with Crippen LogP contribution >= 0.6 is 11.6 Å². The smallest absolute Gasteiger partial charge is 0.258 e. The van der Waals surface area contributed by atoms with E-state index < -0.39 is 4.92 Å². The summed E-state index contributed by atoms with van der Waals surface area (Å²) < 4.78 is 1.37. The molecule has 0 radical (unpaired) electrons. The largest absolute Gasteiger partial charge is 0.331 e. The summed E-state index contributed by atoms with van der Waals surface area (Å²) in [6.45, 7) is 0. The Balaban J connectivity index is 2.07. The Bertz CT molecular complexity index is 622. The summed E-state index contributed by atoms with van der Waals surface area (Å²) in [5.41, 5.74) is 0.712. The van der Waals surface area contributed by atoms with Gasteiger partial charge < -0.3 is 0 Å². The van der Waals surface area contributed by atoms with E-state index in [1.807, 2.05) is 6.07 Å². The van der Waals surface area contributed by atoms with Crippen molar-refractivity contribution in [1.29, 1.82) is 0 Å². The minimum Gasteiger partial charge on any atom is -0.258 e. The minimum atomic E-state index is -0.551. The Hall–Kier alpha value is -2.02. The zero-order chi connectivity index (χ0) is 12.7. The summed E-state index contributed by atoms with van der Waals surface area (Å²) in [5, 5.41) is 15.1. The van der Waals surface area contributed by atoms with Gasteiger partial charge in [-0.25, -0.2) is 9.67 Å². The van der Waals surface area contributed by atoms with Crippen LogP contribution in [0.25, 0.3) is 5.82 Å². The first kappa shape index (κ1) is 11.1. The van der Waals surface area contributed by atoms with E-state index >= 15 is 0 Å². The third-order valence-electron chi connectivity index (χ3n) is 2.74. The van der Waals surface area contributed by atoms with E-state index in [0.29, 0.717) is 5.92 Å². The molecule has 0 amide bonds. The fourth-order valence-corrected chi connectivity index (χ4v) is 1.82. The van der Waals surface area contributed by atoms with Crippen molar-refractivity contribution in [2.75, 3.05) is 0 Å². The molecule has 0 aliphatic heterocycles. The van der Waals surface area contributed by atoms with Crippen LogP contribution in [0.15, 0.2) is 18.5 Å². The number of hydrogen-bond acceptors (Lipinski definition) is 5. The average molecular weight is 266 g/mol. The maximum absolute atomic E-state index is 10.9. The van der Waals surface area contributed by atoms with Gasteiger partial charge in [-0.1, -0.05) is 0 Å². The lowest BCUT2D eigenvalue weighted by Gasteiger charge is -2.01. The molecule has 1 saturated carbocycles. The molecule has 0 spiro atoms. The normalized spacial score (nSPS) is 14.7. The van der Waals surface area contributed by atoms with Crippen LogP contribution in [0.3, 0.4) is 0 Å². The zero-order valence-electron chi connectivity index (χ0n) is 9.15. The van der Waals surface area contributed by atoms with Crippen LogP contribution in [0.4, 0.5) is 5.69 Å². The van der Waals surface area contributed by atoms with Crippen molar-refractivity contribution in [2.45, 2.75) is 18.8 Å². The standard InChI is InChI=1S/C10H8ClN5O2/c11-10-12-5-8(16(17)18)9(13-10)15-4-3-7(14-15)6-1-2-6/h3-6H,1-2H2. The number of halogens is 1. The molecule has 0 bridgehead atoms. The molecule has 1 aliphatic rings. The van der Waals surface area contributed by atoms with Crippen LogP contribution in [0.1, 0.15) is 24.5 Å². The molecule has 2 aromatic rings. The van der Waals surface area contributed by atoms with Gasteiger partial charge in [0.2, 0.25) is 11.1 Å². The van der Waals surface area contributed by atoms with Gasteiger partial charge in [-0.3, -0.25) is 10.1 Å². The summed E-state index contributed by atoms with van der Waals surface area (Å²) in [5.74, 6) is 0.564. The molecule has 92 valence electrons. The van der Waals surface area contributed by atoms with Gasteiger partial charge in [0.1, 0.15) is 6.20 Å². The van der Waals surface area contributed by atoms with E-state index in [1.54, 1.807) is 6.20 Å². The topological polar surface area (TPSA) is 86.7 Å². The second-order valence-electron chi connectivity index (χ2n) is 4.06. The Morgan fingerprint density at radius 2 is 2.28 bits per heavy atom. The molecule has 0 atom stereocenters. The lowest BCUT2D eigenvalue weighted by Crippen LogP contribution is -2.05. The first-order valence-corrected chi connectivity index (χ1v) is 5.76. The van der Waals surface area contributed by atoms with Crippen molar-refractivity contribution in [1.82, 2.24) is 19.7 Å². The van der Waals surface area contributed by atoms with Gasteiger partial charge in [-0.15, -0.1) is 0 Å². The number of hydrogen-bond donors (Lipinski definition) is 0. The zero-order valence-corrected chi connectivity index (χ0v) is 9.91. The van der Waals surface area contributed by atoms with Crippen molar-refractivity contribution in [3.05, 3.63) is 39.6 Å². The first-order valence-electron chi connectivity index (χ1n) is 5.38. The predicted octanol–water partition coefficient (Wildman–Crippen LogP) is 2.10. The lowest BCUT2D eigenvalue weighted by atomic mass is 10.3. The van der Waals surface area contributed by atoms with E-state index in [2.05, 4.69) is 15.1 Å². The summed E-state index contributed by atoms with van der Waals surface area (Å²) in [6.07, 6.45) is 4.97. The Morgan fingerprint density at radius 3 is 2.94 bits per heavy atom. The van der Waals surface area contributed by atoms with Gasteiger partial charge in [0.05, 0.1) is 10.6 Å². The van der Waals surface area contributed by atoms with Crippen LogP contribution in [0.5, 0.6) is 0 Å². The molecule has 7 nitrogen and oxygen atoms in total. The summed E-state index contributed by atoms with van der Waals surface area (Å²) in [4.78, 5) is 17.8. The fourth-order valence-electron chi connectivity index (χ4n) is 1.70. The molecule has 8 heteroatoms. The van der Waals surface area contributed by atoms with Crippen LogP contribution in [-0.2, 0) is 0 Å². The predicted molar refractivity (Wildman–Crippen MR) is 62.8 cm³/mol. The SMILES string of the molecule is O=[N+]([O-])c1cnc(Cl)nc1-n1ccc(C2CC2)n1. The van der Waals surface area contributed by atoms with Gasteiger partial charge in [0, 0.05) is 12.1 Å². The molecular formula is C10H8ClN5O2. The second-order valence-corrected chi connectivity index (χ2v) is 4.40. The molecule has 0 N–H and O–H groups in total. The maximum atomic E-state index is 10.9. The quantitative estimate of drug-likeness (QED) is 0.482. The van der Waals surface area contributed by atoms with Gasteiger partial charge in [0.15, 0.2) is 0 Å². The van der Waals surface area contributed by atoms with Gasteiger partial charge in [0.25, 0.3) is 0 Å². The van der Waals surface area contributed by atoms with Crippen molar-refractivity contribution in [3.63, 3.8) is 0 Å². The first-order chi connectivity index (χ1) is 8.65. The van der Waals surface area contributed by atoms with Crippen LogP contribution < -0.4 is 0 Å². The van der Waals surface area contributed by atoms with Gasteiger partial charge in [-0.2, -0.15) is 10.1 Å². The fraction of sp³-hybridized carbons (Fsp3) is 0.300. The van der Waals surface area contributed by atoms with Crippen LogP contribution in [0, 0.1) is 10.1 Å². The minimum absolute atomic E-state index is 0.0425. The Morgan fingerprint density at radius 1 is 1.50 bits per heavy atom. The lowest BCUT2D eigenvalue weighted by molar-refractivity contribution is -0.385. The summed E-state index contributed by atoms with van der Waals surface area (Å²) in [6, 6.07) is 1.84. The number of aromatic nitrogens is 4. The molecular weight excluding hydrogens is 258 g/mol. The highest BCUT2D eigenvalue weighted by Gasteiger charge is 2.27. The highest BCUT2D eigenvalue weighted by atomic mass is 35.5. The van der Waals surface area contributed by atoms with E-state index in [4.69, 9.17) is 11.6 Å². The molecule has 2 heterocycles. The van der Waals surface area contributed by atoms with Crippen molar-refractivity contribution < 1.29 is 4.92 Å². The van der Waals surface area contributed by atoms with Gasteiger partial charge in [-0.05, 0) is 30.5 Å². The average Bonchev–Trinajstić information content (AvgIpc) is 3.07. The summed E-state index contributed by atoms with van der Waals surface area (Å²) >= 11 is 5.67. The number of nitrogens with zero attached hydrogens (tertiary/aromatic N) is 5. The third-order valence-corrected chi connectivity index (χ3v) is 2.92. The molecule has 1 fully saturated rings. The van der Waals surface area contributed by atoms with Crippen LogP contribution in [-0.4, -0.2) is 24.7 Å². The summed E-state index contributed by atoms with van der Waals surface area (Å²) in [7, 11) is 0. The van der Waals surface area contributed by atoms with E-state index in [0.717, 1.165) is 24.7 Å². The molecule has 2 aromatic heterocycles. The molecule has 18 heavy (non-hydrogen) atoms. The second kappa shape index (κ2) is 4.02. The number of rotatable bonds is 3. The number of nitro groups is 1. The van der Waals surface area contributed by atoms with Crippen molar-refractivity contribution in [3.8, 4) is 5.82 Å². The monoisotopic (exact) mass is 265 g/mol. The van der Waals surface area contributed by atoms with Crippen molar-refractivity contribution in [2.24, 2.45) is 0 Å². The molecule has 0 aromatic carbocycles. The third kappa shape index (κ3) is 1.92. The Labute approximate surface area is 107 Å².